The zero-order chi connectivity index (χ0) is 30.4. The van der Waals surface area contributed by atoms with Crippen LogP contribution in [0.2, 0.25) is 0 Å². The molecule has 0 bridgehead atoms. The summed E-state index contributed by atoms with van der Waals surface area (Å²) in [4.78, 5) is 62.8. The SMILES string of the molecule is CCOC(=O)c1cc(=O)c2c(OCC(COc3cccc4oc(C(=O)OCC)cc(=O)c34)C(=O)[C@H](C)N)cccc2o1. The van der Waals surface area contributed by atoms with Gasteiger partial charge in [0.1, 0.15) is 46.7 Å². The lowest BCUT2D eigenvalue weighted by Gasteiger charge is -2.20. The van der Waals surface area contributed by atoms with Gasteiger partial charge in [-0.05, 0) is 45.0 Å². The van der Waals surface area contributed by atoms with Crippen molar-refractivity contribution >= 4 is 39.7 Å². The molecule has 2 aromatic carbocycles. The van der Waals surface area contributed by atoms with Crippen molar-refractivity contribution in [1.29, 1.82) is 0 Å². The third kappa shape index (κ3) is 6.50. The number of rotatable bonds is 12. The molecule has 220 valence electrons. The molecule has 0 aliphatic rings. The largest absolute Gasteiger partial charge is 0.492 e. The fraction of sp³-hybridized carbons (Fsp3) is 0.300. The van der Waals surface area contributed by atoms with Crippen molar-refractivity contribution in [3.63, 3.8) is 0 Å². The number of benzene rings is 2. The number of fused-ring (bicyclic) bond motifs is 2. The second-order valence-electron chi connectivity index (χ2n) is 9.16. The van der Waals surface area contributed by atoms with Gasteiger partial charge >= 0.3 is 11.9 Å². The quantitative estimate of drug-likeness (QED) is 0.243. The molecule has 0 amide bonds. The summed E-state index contributed by atoms with van der Waals surface area (Å²) < 4.78 is 32.7. The highest BCUT2D eigenvalue weighted by Crippen LogP contribution is 2.26. The minimum absolute atomic E-state index is 0.0718. The van der Waals surface area contributed by atoms with Gasteiger partial charge in [0, 0.05) is 12.1 Å². The molecule has 2 aromatic heterocycles. The Hall–Kier alpha value is -4.97. The molecule has 0 saturated heterocycles. The van der Waals surface area contributed by atoms with Crippen molar-refractivity contribution in [2.45, 2.75) is 26.8 Å². The predicted molar refractivity (Wildman–Crippen MR) is 150 cm³/mol. The number of carbonyl (C=O) groups is 3. The maximum absolute atomic E-state index is 13.0. The van der Waals surface area contributed by atoms with E-state index in [-0.39, 0.29) is 77.2 Å². The van der Waals surface area contributed by atoms with Gasteiger partial charge in [0.2, 0.25) is 11.5 Å². The van der Waals surface area contributed by atoms with Gasteiger partial charge in [0.15, 0.2) is 16.6 Å². The van der Waals surface area contributed by atoms with Crippen LogP contribution in [0.1, 0.15) is 41.9 Å². The molecule has 4 aromatic rings. The first-order valence-corrected chi connectivity index (χ1v) is 13.2. The van der Waals surface area contributed by atoms with Crippen molar-refractivity contribution in [2.24, 2.45) is 11.7 Å². The highest BCUT2D eigenvalue weighted by atomic mass is 16.5. The highest BCUT2D eigenvalue weighted by Gasteiger charge is 2.25. The molecule has 1 atom stereocenters. The van der Waals surface area contributed by atoms with Gasteiger partial charge in [-0.2, -0.15) is 0 Å². The lowest BCUT2D eigenvalue weighted by Crippen LogP contribution is -2.38. The van der Waals surface area contributed by atoms with Crippen LogP contribution in [-0.2, 0) is 14.3 Å². The third-order valence-corrected chi connectivity index (χ3v) is 6.12. The fourth-order valence-electron chi connectivity index (χ4n) is 4.17. The van der Waals surface area contributed by atoms with E-state index < -0.39 is 34.8 Å². The average molecular weight is 580 g/mol. The van der Waals surface area contributed by atoms with Crippen LogP contribution in [-0.4, -0.2) is 50.2 Å². The monoisotopic (exact) mass is 579 g/mol. The van der Waals surface area contributed by atoms with Crippen molar-refractivity contribution in [3.8, 4) is 11.5 Å². The lowest BCUT2D eigenvalue weighted by atomic mass is 10.0. The molecule has 0 aliphatic heterocycles. The van der Waals surface area contributed by atoms with Crippen LogP contribution in [0.15, 0.2) is 67.0 Å². The smallest absolute Gasteiger partial charge is 0.374 e. The number of nitrogens with two attached hydrogens (primary N) is 1. The molecular formula is C30H29NO11. The summed E-state index contributed by atoms with van der Waals surface area (Å²) in [6.07, 6.45) is 0. The van der Waals surface area contributed by atoms with Crippen LogP contribution >= 0.6 is 0 Å². The first-order chi connectivity index (χ1) is 20.1. The van der Waals surface area contributed by atoms with Gasteiger partial charge in [-0.25, -0.2) is 9.59 Å². The van der Waals surface area contributed by atoms with E-state index in [4.69, 9.17) is 33.5 Å². The Morgan fingerprint density at radius 2 is 1.19 bits per heavy atom. The van der Waals surface area contributed by atoms with E-state index in [0.717, 1.165) is 12.1 Å². The van der Waals surface area contributed by atoms with Crippen molar-refractivity contribution < 1.29 is 42.2 Å². The Labute approximate surface area is 238 Å². The maximum atomic E-state index is 13.0. The number of ketones is 1. The Balaban J connectivity index is 1.59. The Morgan fingerprint density at radius 1 is 0.762 bits per heavy atom. The highest BCUT2D eigenvalue weighted by molar-refractivity contribution is 5.92. The molecule has 0 fully saturated rings. The van der Waals surface area contributed by atoms with Crippen LogP contribution in [0.25, 0.3) is 21.9 Å². The zero-order valence-electron chi connectivity index (χ0n) is 23.2. The number of hydrogen-bond acceptors (Lipinski definition) is 12. The van der Waals surface area contributed by atoms with E-state index in [1.165, 1.54) is 31.2 Å². The van der Waals surface area contributed by atoms with Gasteiger partial charge < -0.3 is 33.5 Å². The Morgan fingerprint density at radius 3 is 1.57 bits per heavy atom. The lowest BCUT2D eigenvalue weighted by molar-refractivity contribution is -0.125. The fourth-order valence-corrected chi connectivity index (χ4v) is 4.17. The van der Waals surface area contributed by atoms with E-state index in [0.29, 0.717) is 0 Å². The van der Waals surface area contributed by atoms with Crippen LogP contribution in [0.3, 0.4) is 0 Å². The van der Waals surface area contributed by atoms with Crippen LogP contribution in [0, 0.1) is 5.92 Å². The molecular weight excluding hydrogens is 550 g/mol. The standard InChI is InChI=1S/C30H29NO11/c1-4-37-29(35)24-12-18(32)26-20(8-6-10-22(26)41-24)39-14-17(28(34)16(3)31)15-40-21-9-7-11-23-27(21)19(33)13-25(42-23)30(36)38-5-2/h6-13,16-17H,4-5,14-15,31H2,1-3H3/t16-/m0/s1. The molecule has 2 heterocycles. The normalized spacial score (nSPS) is 11.8. The summed E-state index contributed by atoms with van der Waals surface area (Å²) in [5.74, 6) is -3.11. The first kappa shape index (κ1) is 30.0. The number of hydrogen-bond donors (Lipinski definition) is 1. The molecule has 12 heteroatoms. The van der Waals surface area contributed by atoms with Crippen molar-refractivity contribution in [2.75, 3.05) is 26.4 Å². The van der Waals surface area contributed by atoms with Gasteiger partial charge in [0.25, 0.3) is 0 Å². The summed E-state index contributed by atoms with van der Waals surface area (Å²) in [5.41, 5.74) is 4.99. The Kier molecular flexibility index (Phi) is 9.38. The van der Waals surface area contributed by atoms with Crippen molar-refractivity contribution in [1.82, 2.24) is 0 Å². The van der Waals surface area contributed by atoms with Crippen LogP contribution < -0.4 is 26.1 Å². The van der Waals surface area contributed by atoms with Gasteiger partial charge in [-0.1, -0.05) is 12.1 Å². The molecule has 0 aliphatic carbocycles. The van der Waals surface area contributed by atoms with E-state index >= 15 is 0 Å². The molecule has 0 radical (unpaired) electrons. The zero-order valence-corrected chi connectivity index (χ0v) is 23.2. The van der Waals surface area contributed by atoms with Gasteiger partial charge in [-0.3, -0.25) is 14.4 Å². The maximum Gasteiger partial charge on any atom is 0.374 e. The number of Topliss-reactive ketones (excluding diaryl/α,β-unsaturated/α-hetero) is 1. The summed E-state index contributed by atoms with van der Waals surface area (Å²) in [7, 11) is 0. The van der Waals surface area contributed by atoms with Crippen molar-refractivity contribution in [3.05, 3.63) is 80.5 Å². The second-order valence-corrected chi connectivity index (χ2v) is 9.16. The molecule has 2 N–H and O–H groups in total. The summed E-state index contributed by atoms with van der Waals surface area (Å²) >= 11 is 0. The number of ether oxygens (including phenoxy) is 4. The third-order valence-electron chi connectivity index (χ3n) is 6.12. The molecule has 0 saturated carbocycles. The van der Waals surface area contributed by atoms with E-state index in [9.17, 15) is 24.0 Å². The van der Waals surface area contributed by atoms with Crippen LogP contribution in [0.5, 0.6) is 11.5 Å². The van der Waals surface area contributed by atoms with Gasteiger partial charge in [-0.15, -0.1) is 0 Å². The number of esters is 2. The summed E-state index contributed by atoms with van der Waals surface area (Å²) in [6.45, 7) is 4.53. The molecule has 42 heavy (non-hydrogen) atoms. The summed E-state index contributed by atoms with van der Waals surface area (Å²) in [6, 6.07) is 10.3. The molecule has 12 nitrogen and oxygen atoms in total. The minimum atomic E-state index is -0.910. The number of carbonyl (C=O) groups excluding carboxylic acids is 3. The average Bonchev–Trinajstić information content (AvgIpc) is 2.96. The van der Waals surface area contributed by atoms with Crippen LogP contribution in [0.4, 0.5) is 0 Å². The topological polar surface area (TPSA) is 175 Å². The molecule has 4 rings (SSSR count). The minimum Gasteiger partial charge on any atom is -0.492 e. The van der Waals surface area contributed by atoms with E-state index in [2.05, 4.69) is 0 Å². The molecule has 0 spiro atoms. The molecule has 0 unspecified atom stereocenters. The summed E-state index contributed by atoms with van der Waals surface area (Å²) in [5, 5.41) is 0.144. The first-order valence-electron chi connectivity index (χ1n) is 13.2. The predicted octanol–water partition coefficient (Wildman–Crippen LogP) is 3.24. The van der Waals surface area contributed by atoms with Gasteiger partial charge in [0.05, 0.1) is 25.2 Å². The second kappa shape index (κ2) is 13.1. The Bertz CT molecular complexity index is 1630. The van der Waals surface area contributed by atoms with E-state index in [1.807, 2.05) is 0 Å². The van der Waals surface area contributed by atoms with E-state index in [1.54, 1.807) is 26.0 Å².